The maximum absolute atomic E-state index is 12.6. The zero-order valence-electron chi connectivity index (χ0n) is 15.4. The van der Waals surface area contributed by atoms with Crippen LogP contribution < -0.4 is 15.4 Å². The van der Waals surface area contributed by atoms with Gasteiger partial charge in [0.05, 0.1) is 29.8 Å². The Kier molecular flexibility index (Phi) is 5.71. The van der Waals surface area contributed by atoms with Crippen LogP contribution in [0.25, 0.3) is 0 Å². The van der Waals surface area contributed by atoms with Crippen LogP contribution in [0.1, 0.15) is 36.9 Å². The number of anilines is 1. The van der Waals surface area contributed by atoms with E-state index in [4.69, 9.17) is 4.74 Å². The first kappa shape index (κ1) is 18.8. The van der Waals surface area contributed by atoms with Crippen LogP contribution in [0, 0.1) is 10.1 Å². The highest BCUT2D eigenvalue weighted by Gasteiger charge is 2.24. The van der Waals surface area contributed by atoms with Gasteiger partial charge in [0.15, 0.2) is 0 Å². The van der Waals surface area contributed by atoms with Gasteiger partial charge in [0.1, 0.15) is 5.75 Å². The van der Waals surface area contributed by atoms with Gasteiger partial charge in [-0.2, -0.15) is 0 Å². The number of carbonyl (C=O) groups excluding carboxylic acids is 1. The first-order chi connectivity index (χ1) is 13.0. The van der Waals surface area contributed by atoms with Crippen molar-refractivity contribution in [3.8, 4) is 5.75 Å². The van der Waals surface area contributed by atoms with Gasteiger partial charge >= 0.3 is 0 Å². The Morgan fingerprint density at radius 1 is 1.30 bits per heavy atom. The highest BCUT2D eigenvalue weighted by atomic mass is 16.6. The molecule has 2 N–H and O–H groups in total. The lowest BCUT2D eigenvalue weighted by Crippen LogP contribution is -2.41. The first-order valence-electron chi connectivity index (χ1n) is 8.96. The molecule has 142 valence electrons. The third-order valence-electron chi connectivity index (χ3n) is 4.87. The van der Waals surface area contributed by atoms with E-state index in [0.29, 0.717) is 5.69 Å². The van der Waals surface area contributed by atoms with Crippen molar-refractivity contribution in [2.45, 2.75) is 38.3 Å². The Morgan fingerprint density at radius 2 is 2.07 bits per heavy atom. The maximum Gasteiger partial charge on any atom is 0.273 e. The number of fused-ring (bicyclic) bond motifs is 1. The lowest BCUT2D eigenvalue weighted by molar-refractivity contribution is -0.384. The molecular weight excluding hydrogens is 346 g/mol. The van der Waals surface area contributed by atoms with Gasteiger partial charge < -0.3 is 10.1 Å². The van der Waals surface area contributed by atoms with Crippen LogP contribution in [0.15, 0.2) is 42.5 Å². The molecule has 7 nitrogen and oxygen atoms in total. The number of ether oxygens (including phenoxy) is 1. The van der Waals surface area contributed by atoms with Gasteiger partial charge in [0.2, 0.25) is 5.91 Å². The number of nitro groups is 1. The molecule has 1 amide bonds. The molecule has 0 bridgehead atoms. The topological polar surface area (TPSA) is 93.5 Å². The van der Waals surface area contributed by atoms with Crippen molar-refractivity contribution < 1.29 is 14.5 Å². The number of non-ortho nitro benzene ring substituents is 1. The van der Waals surface area contributed by atoms with E-state index in [1.807, 2.05) is 19.1 Å². The number of rotatable bonds is 6. The smallest absolute Gasteiger partial charge is 0.273 e. The van der Waals surface area contributed by atoms with Gasteiger partial charge in [-0.15, -0.1) is 0 Å². The quantitative estimate of drug-likeness (QED) is 0.599. The van der Waals surface area contributed by atoms with E-state index in [1.165, 1.54) is 36.4 Å². The fourth-order valence-corrected chi connectivity index (χ4v) is 3.44. The molecule has 0 aromatic heterocycles. The van der Waals surface area contributed by atoms with Crippen molar-refractivity contribution in [1.82, 2.24) is 5.32 Å². The summed E-state index contributed by atoms with van der Waals surface area (Å²) in [4.78, 5) is 23.0. The number of nitrogens with one attached hydrogen (secondary N) is 2. The minimum atomic E-state index is -0.501. The van der Waals surface area contributed by atoms with Gasteiger partial charge in [-0.05, 0) is 43.4 Å². The number of carbonyl (C=O) groups is 1. The SMILES string of the molecule is COc1cc([N+](=O)[O-])ccc1NC(=O)[C@@H](C)N[C@@H]1CCCc2ccccc21. The molecule has 0 aliphatic heterocycles. The summed E-state index contributed by atoms with van der Waals surface area (Å²) in [6, 6.07) is 12.1. The fraction of sp³-hybridized carbons (Fsp3) is 0.350. The summed E-state index contributed by atoms with van der Waals surface area (Å²) in [5, 5.41) is 17.1. The summed E-state index contributed by atoms with van der Waals surface area (Å²) >= 11 is 0. The zero-order chi connectivity index (χ0) is 19.4. The van der Waals surface area contributed by atoms with Crippen LogP contribution in [0.2, 0.25) is 0 Å². The van der Waals surface area contributed by atoms with Crippen LogP contribution in [-0.4, -0.2) is 24.0 Å². The Labute approximate surface area is 157 Å². The van der Waals surface area contributed by atoms with Gasteiger partial charge in [0, 0.05) is 12.1 Å². The van der Waals surface area contributed by atoms with Crippen LogP contribution in [0.3, 0.4) is 0 Å². The number of benzene rings is 2. The number of methoxy groups -OCH3 is 1. The predicted octanol–water partition coefficient (Wildman–Crippen LogP) is 3.60. The second-order valence-corrected chi connectivity index (χ2v) is 6.66. The van der Waals surface area contributed by atoms with Crippen LogP contribution in [-0.2, 0) is 11.2 Å². The normalized spacial score (nSPS) is 16.9. The molecule has 0 radical (unpaired) electrons. The fourth-order valence-electron chi connectivity index (χ4n) is 3.44. The molecule has 0 unspecified atom stereocenters. The Balaban J connectivity index is 1.69. The molecule has 0 saturated heterocycles. The number of amides is 1. The molecule has 0 fully saturated rings. The summed E-state index contributed by atoms with van der Waals surface area (Å²) in [6.45, 7) is 1.81. The van der Waals surface area contributed by atoms with Crippen molar-refractivity contribution in [3.63, 3.8) is 0 Å². The van der Waals surface area contributed by atoms with E-state index < -0.39 is 11.0 Å². The largest absolute Gasteiger partial charge is 0.494 e. The standard InChI is InChI=1S/C20H23N3O4/c1-13(21-17-9-5-7-14-6-3-4-8-16(14)17)20(24)22-18-11-10-15(23(25)26)12-19(18)27-2/h3-4,6,8,10-13,17,21H,5,7,9H2,1-2H3,(H,22,24)/t13-,17-/m1/s1. The number of nitrogens with zero attached hydrogens (tertiary/aromatic N) is 1. The van der Waals surface area contributed by atoms with Crippen molar-refractivity contribution in [3.05, 3.63) is 63.7 Å². The summed E-state index contributed by atoms with van der Waals surface area (Å²) in [5.41, 5.74) is 2.89. The van der Waals surface area contributed by atoms with Gasteiger partial charge in [-0.3, -0.25) is 20.2 Å². The number of hydrogen-bond acceptors (Lipinski definition) is 5. The molecule has 0 spiro atoms. The Morgan fingerprint density at radius 3 is 2.81 bits per heavy atom. The highest BCUT2D eigenvalue weighted by Crippen LogP contribution is 2.31. The van der Waals surface area contributed by atoms with Gasteiger partial charge in [-0.1, -0.05) is 24.3 Å². The van der Waals surface area contributed by atoms with Crippen LogP contribution in [0.5, 0.6) is 5.75 Å². The average Bonchev–Trinajstić information content (AvgIpc) is 2.68. The van der Waals surface area contributed by atoms with Gasteiger partial charge in [0.25, 0.3) is 5.69 Å². The predicted molar refractivity (Wildman–Crippen MR) is 103 cm³/mol. The zero-order valence-corrected chi connectivity index (χ0v) is 15.4. The van der Waals surface area contributed by atoms with Crippen molar-refractivity contribution in [2.75, 3.05) is 12.4 Å². The molecule has 2 aromatic rings. The van der Waals surface area contributed by atoms with E-state index in [-0.39, 0.29) is 23.4 Å². The minimum absolute atomic E-state index is 0.0881. The number of nitro benzene ring substituents is 1. The van der Waals surface area contributed by atoms with Crippen molar-refractivity contribution in [1.29, 1.82) is 0 Å². The molecule has 2 aromatic carbocycles. The summed E-state index contributed by atoms with van der Waals surface area (Å²) in [6.07, 6.45) is 3.13. The highest BCUT2D eigenvalue weighted by molar-refractivity contribution is 5.96. The lowest BCUT2D eigenvalue weighted by Gasteiger charge is -2.29. The molecule has 0 heterocycles. The molecule has 0 saturated carbocycles. The molecule has 7 heteroatoms. The first-order valence-corrected chi connectivity index (χ1v) is 8.96. The minimum Gasteiger partial charge on any atom is -0.494 e. The Bertz CT molecular complexity index is 853. The van der Waals surface area contributed by atoms with Crippen LogP contribution in [0.4, 0.5) is 11.4 Å². The number of hydrogen-bond donors (Lipinski definition) is 2. The van der Waals surface area contributed by atoms with Crippen molar-refractivity contribution >= 4 is 17.3 Å². The monoisotopic (exact) mass is 369 g/mol. The summed E-state index contributed by atoms with van der Waals surface area (Å²) in [5.74, 6) is 0.0398. The second-order valence-electron chi connectivity index (χ2n) is 6.66. The molecule has 27 heavy (non-hydrogen) atoms. The van der Waals surface area contributed by atoms with E-state index in [2.05, 4.69) is 22.8 Å². The number of aryl methyl sites for hydroxylation is 1. The molecular formula is C20H23N3O4. The average molecular weight is 369 g/mol. The molecule has 3 rings (SSSR count). The maximum atomic E-state index is 12.6. The second kappa shape index (κ2) is 8.18. The van der Waals surface area contributed by atoms with E-state index in [9.17, 15) is 14.9 Å². The van der Waals surface area contributed by atoms with Crippen LogP contribution >= 0.6 is 0 Å². The third kappa shape index (κ3) is 4.25. The lowest BCUT2D eigenvalue weighted by atomic mass is 9.87. The van der Waals surface area contributed by atoms with E-state index in [0.717, 1.165) is 19.3 Å². The molecule has 2 atom stereocenters. The summed E-state index contributed by atoms with van der Waals surface area (Å²) in [7, 11) is 1.41. The molecule has 1 aliphatic rings. The van der Waals surface area contributed by atoms with E-state index in [1.54, 1.807) is 0 Å². The van der Waals surface area contributed by atoms with Gasteiger partial charge in [-0.25, -0.2) is 0 Å². The molecule has 1 aliphatic carbocycles. The van der Waals surface area contributed by atoms with E-state index >= 15 is 0 Å². The summed E-state index contributed by atoms with van der Waals surface area (Å²) < 4.78 is 5.17. The third-order valence-corrected chi connectivity index (χ3v) is 4.87. The Hall–Kier alpha value is -2.93. The van der Waals surface area contributed by atoms with Crippen molar-refractivity contribution in [2.24, 2.45) is 0 Å².